The van der Waals surface area contributed by atoms with Crippen molar-refractivity contribution in [1.82, 2.24) is 0 Å². The SMILES string of the molecule is CC.CCCc1cc(C(=O)CC)cc(CCC)c1OC. The van der Waals surface area contributed by atoms with Crippen molar-refractivity contribution in [2.24, 2.45) is 0 Å². The molecule has 0 spiro atoms. The zero-order valence-corrected chi connectivity index (χ0v) is 14.0. The lowest BCUT2D eigenvalue weighted by Crippen LogP contribution is -2.04. The summed E-state index contributed by atoms with van der Waals surface area (Å²) in [7, 11) is 1.72. The summed E-state index contributed by atoms with van der Waals surface area (Å²) in [6, 6.07) is 4.01. The summed E-state index contributed by atoms with van der Waals surface area (Å²) in [5, 5.41) is 0. The van der Waals surface area contributed by atoms with Crippen LogP contribution in [-0.2, 0) is 12.8 Å². The molecule has 1 rings (SSSR count). The van der Waals surface area contributed by atoms with Crippen LogP contribution in [0, 0.1) is 0 Å². The van der Waals surface area contributed by atoms with E-state index in [-0.39, 0.29) is 5.78 Å². The minimum absolute atomic E-state index is 0.215. The van der Waals surface area contributed by atoms with Crippen LogP contribution in [0.1, 0.15) is 75.4 Å². The molecule has 0 radical (unpaired) electrons. The molecular weight excluding hydrogens is 248 g/mol. The van der Waals surface area contributed by atoms with Gasteiger partial charge in [0.15, 0.2) is 5.78 Å². The summed E-state index contributed by atoms with van der Waals surface area (Å²) >= 11 is 0. The molecule has 1 aromatic rings. The number of ether oxygens (including phenoxy) is 1. The molecule has 0 amide bonds. The Hall–Kier alpha value is -1.31. The van der Waals surface area contributed by atoms with Gasteiger partial charge in [0, 0.05) is 12.0 Å². The van der Waals surface area contributed by atoms with E-state index >= 15 is 0 Å². The van der Waals surface area contributed by atoms with Gasteiger partial charge in [0.2, 0.25) is 0 Å². The van der Waals surface area contributed by atoms with Crippen LogP contribution < -0.4 is 4.74 Å². The van der Waals surface area contributed by atoms with Crippen molar-refractivity contribution < 1.29 is 9.53 Å². The number of methoxy groups -OCH3 is 1. The summed E-state index contributed by atoms with van der Waals surface area (Å²) in [5.74, 6) is 1.19. The Balaban J connectivity index is 0.00000172. The molecule has 0 N–H and O–H groups in total. The lowest BCUT2D eigenvalue weighted by molar-refractivity contribution is 0.0988. The minimum Gasteiger partial charge on any atom is -0.496 e. The number of carbonyl (C=O) groups excluding carboxylic acids is 1. The minimum atomic E-state index is 0.215. The predicted molar refractivity (Wildman–Crippen MR) is 87.0 cm³/mol. The molecule has 1 aromatic carbocycles. The number of aryl methyl sites for hydroxylation is 2. The van der Waals surface area contributed by atoms with Gasteiger partial charge in [-0.05, 0) is 36.1 Å². The lowest BCUT2D eigenvalue weighted by atomic mass is 9.96. The summed E-state index contributed by atoms with van der Waals surface area (Å²) in [6.45, 7) is 10.2. The predicted octanol–water partition coefficient (Wildman–Crippen LogP) is 5.22. The largest absolute Gasteiger partial charge is 0.496 e. The van der Waals surface area contributed by atoms with E-state index in [1.807, 2.05) is 32.9 Å². The van der Waals surface area contributed by atoms with E-state index < -0.39 is 0 Å². The van der Waals surface area contributed by atoms with Gasteiger partial charge < -0.3 is 4.74 Å². The van der Waals surface area contributed by atoms with E-state index in [9.17, 15) is 4.79 Å². The van der Waals surface area contributed by atoms with Crippen LogP contribution in [0.5, 0.6) is 5.75 Å². The Bertz CT molecular complexity index is 381. The second-order valence-corrected chi connectivity index (χ2v) is 4.60. The van der Waals surface area contributed by atoms with E-state index in [0.29, 0.717) is 6.42 Å². The zero-order chi connectivity index (χ0) is 15.5. The molecule has 0 aromatic heterocycles. The third-order valence-corrected chi connectivity index (χ3v) is 3.13. The summed E-state index contributed by atoms with van der Waals surface area (Å²) in [4.78, 5) is 11.9. The van der Waals surface area contributed by atoms with E-state index in [2.05, 4.69) is 13.8 Å². The van der Waals surface area contributed by atoms with Gasteiger partial charge in [-0.15, -0.1) is 0 Å². The summed E-state index contributed by atoms with van der Waals surface area (Å²) < 4.78 is 5.54. The average Bonchev–Trinajstić information content (AvgIpc) is 2.49. The first kappa shape index (κ1) is 18.7. The molecule has 20 heavy (non-hydrogen) atoms. The quantitative estimate of drug-likeness (QED) is 0.639. The van der Waals surface area contributed by atoms with Crippen molar-refractivity contribution >= 4 is 5.78 Å². The van der Waals surface area contributed by atoms with Gasteiger partial charge in [-0.3, -0.25) is 4.79 Å². The molecule has 0 unspecified atom stereocenters. The molecule has 0 saturated heterocycles. The molecule has 0 heterocycles. The van der Waals surface area contributed by atoms with Crippen molar-refractivity contribution in [1.29, 1.82) is 0 Å². The van der Waals surface area contributed by atoms with Crippen LogP contribution in [0.15, 0.2) is 12.1 Å². The summed E-state index contributed by atoms with van der Waals surface area (Å²) in [6.07, 6.45) is 4.61. The Morgan fingerprint density at radius 2 is 1.45 bits per heavy atom. The monoisotopic (exact) mass is 278 g/mol. The van der Waals surface area contributed by atoms with Gasteiger partial charge in [0.25, 0.3) is 0 Å². The maximum absolute atomic E-state index is 11.9. The van der Waals surface area contributed by atoms with E-state index in [1.54, 1.807) is 7.11 Å². The molecule has 0 aliphatic rings. The maximum atomic E-state index is 11.9. The topological polar surface area (TPSA) is 26.3 Å². The van der Waals surface area contributed by atoms with Crippen molar-refractivity contribution in [3.05, 3.63) is 28.8 Å². The van der Waals surface area contributed by atoms with Gasteiger partial charge in [-0.1, -0.05) is 47.5 Å². The van der Waals surface area contributed by atoms with Crippen LogP contribution in [0.2, 0.25) is 0 Å². The molecule has 0 atom stereocenters. The number of benzene rings is 1. The van der Waals surface area contributed by atoms with E-state index in [0.717, 1.165) is 37.0 Å². The smallest absolute Gasteiger partial charge is 0.162 e. The van der Waals surface area contributed by atoms with E-state index in [4.69, 9.17) is 4.74 Å². The highest BCUT2D eigenvalue weighted by Gasteiger charge is 2.13. The highest BCUT2D eigenvalue weighted by atomic mass is 16.5. The summed E-state index contributed by atoms with van der Waals surface area (Å²) in [5.41, 5.74) is 3.18. The molecule has 0 saturated carbocycles. The highest BCUT2D eigenvalue weighted by molar-refractivity contribution is 5.96. The lowest BCUT2D eigenvalue weighted by Gasteiger charge is -2.15. The molecule has 2 nitrogen and oxygen atoms in total. The molecule has 114 valence electrons. The number of ketones is 1. The molecule has 0 fully saturated rings. The second kappa shape index (κ2) is 10.5. The van der Waals surface area contributed by atoms with Crippen LogP contribution >= 0.6 is 0 Å². The Labute approximate surface area is 124 Å². The number of hydrogen-bond acceptors (Lipinski definition) is 2. The molecule has 0 aliphatic carbocycles. The molecule has 0 aliphatic heterocycles. The van der Waals surface area contributed by atoms with Crippen molar-refractivity contribution in [2.75, 3.05) is 7.11 Å². The van der Waals surface area contributed by atoms with Gasteiger partial charge in [0.1, 0.15) is 5.75 Å². The Kier molecular flexibility index (Phi) is 9.79. The van der Waals surface area contributed by atoms with Gasteiger partial charge in [0.05, 0.1) is 7.11 Å². The van der Waals surface area contributed by atoms with Crippen molar-refractivity contribution in [3.63, 3.8) is 0 Å². The van der Waals surface area contributed by atoms with Crippen molar-refractivity contribution in [3.8, 4) is 5.75 Å². The van der Waals surface area contributed by atoms with Crippen molar-refractivity contribution in [2.45, 2.75) is 66.7 Å². The number of hydrogen-bond donors (Lipinski definition) is 0. The first-order valence-corrected chi connectivity index (χ1v) is 7.90. The Morgan fingerprint density at radius 3 is 1.75 bits per heavy atom. The van der Waals surface area contributed by atoms with Crippen LogP contribution in [0.4, 0.5) is 0 Å². The molecule has 0 bridgehead atoms. The van der Waals surface area contributed by atoms with Gasteiger partial charge >= 0.3 is 0 Å². The molecular formula is C18H30O2. The standard InChI is InChI=1S/C16H24O2.C2H6/c1-5-8-12-10-14(15(17)7-3)11-13(9-6-2)16(12)18-4;1-2/h10-11H,5-9H2,1-4H3;1-2H3. The fourth-order valence-electron chi connectivity index (χ4n) is 2.29. The number of carbonyl (C=O) groups is 1. The average molecular weight is 278 g/mol. The number of rotatable bonds is 7. The van der Waals surface area contributed by atoms with Gasteiger partial charge in [-0.2, -0.15) is 0 Å². The number of Topliss-reactive ketones (excluding diaryl/α,β-unsaturated/α-hetero) is 1. The molecule has 2 heteroatoms. The van der Waals surface area contributed by atoms with Crippen LogP contribution in [-0.4, -0.2) is 12.9 Å². The van der Waals surface area contributed by atoms with Gasteiger partial charge in [-0.25, -0.2) is 0 Å². The van der Waals surface area contributed by atoms with Crippen LogP contribution in [0.3, 0.4) is 0 Å². The van der Waals surface area contributed by atoms with E-state index in [1.165, 1.54) is 11.1 Å². The normalized spacial score (nSPS) is 9.70. The fourth-order valence-corrected chi connectivity index (χ4v) is 2.29. The fraction of sp³-hybridized carbons (Fsp3) is 0.611. The maximum Gasteiger partial charge on any atom is 0.162 e. The second-order valence-electron chi connectivity index (χ2n) is 4.60. The highest BCUT2D eigenvalue weighted by Crippen LogP contribution is 2.28. The Morgan fingerprint density at radius 1 is 1.00 bits per heavy atom. The zero-order valence-electron chi connectivity index (χ0n) is 14.0. The third kappa shape index (κ3) is 4.99. The van der Waals surface area contributed by atoms with Crippen LogP contribution in [0.25, 0.3) is 0 Å². The first-order valence-electron chi connectivity index (χ1n) is 7.90. The first-order chi connectivity index (χ1) is 9.67. The third-order valence-electron chi connectivity index (χ3n) is 3.13.